The van der Waals surface area contributed by atoms with E-state index in [0.717, 1.165) is 5.56 Å². The van der Waals surface area contributed by atoms with E-state index in [-0.39, 0.29) is 10.9 Å². The van der Waals surface area contributed by atoms with Gasteiger partial charge < -0.3 is 10.6 Å². The van der Waals surface area contributed by atoms with Gasteiger partial charge in [-0.15, -0.1) is 0 Å². The van der Waals surface area contributed by atoms with Crippen LogP contribution < -0.4 is 5.73 Å². The Morgan fingerprint density at radius 2 is 2.19 bits per heavy atom. The Balaban J connectivity index is 3.12. The maximum absolute atomic E-state index is 11.3. The molecule has 1 unspecified atom stereocenters. The molecule has 0 aliphatic carbocycles. The molecular formula is C11H13ClN2OS. The zero-order chi connectivity index (χ0) is 12.3. The van der Waals surface area contributed by atoms with E-state index in [4.69, 9.17) is 29.6 Å². The Morgan fingerprint density at radius 3 is 2.62 bits per heavy atom. The van der Waals surface area contributed by atoms with Crippen molar-refractivity contribution < 1.29 is 4.79 Å². The highest BCUT2D eigenvalue weighted by Crippen LogP contribution is 2.22. The van der Waals surface area contributed by atoms with Gasteiger partial charge in [-0.3, -0.25) is 4.79 Å². The maximum atomic E-state index is 11.3. The van der Waals surface area contributed by atoms with E-state index in [0.29, 0.717) is 5.02 Å². The molecule has 1 aromatic carbocycles. The first-order chi connectivity index (χ1) is 7.43. The summed E-state index contributed by atoms with van der Waals surface area (Å²) in [4.78, 5) is 13.1. The summed E-state index contributed by atoms with van der Waals surface area (Å²) in [5.41, 5.74) is 6.47. The van der Waals surface area contributed by atoms with Crippen LogP contribution in [0.25, 0.3) is 0 Å². The van der Waals surface area contributed by atoms with Crippen LogP contribution in [0.5, 0.6) is 0 Å². The van der Waals surface area contributed by atoms with Crippen molar-refractivity contribution in [1.29, 1.82) is 0 Å². The molecule has 0 radical (unpaired) electrons. The molecule has 3 nitrogen and oxygen atoms in total. The lowest BCUT2D eigenvalue weighted by Gasteiger charge is -2.26. The molecule has 0 aliphatic heterocycles. The molecule has 5 heteroatoms. The van der Waals surface area contributed by atoms with Crippen LogP contribution in [0.15, 0.2) is 24.3 Å². The fraction of sp³-hybridized carbons (Fsp3) is 0.273. The predicted octanol–water partition coefficient (Wildman–Crippen LogP) is 2.15. The van der Waals surface area contributed by atoms with E-state index in [2.05, 4.69) is 0 Å². The summed E-state index contributed by atoms with van der Waals surface area (Å²) in [6.45, 7) is 1.47. The van der Waals surface area contributed by atoms with Crippen molar-refractivity contribution in [1.82, 2.24) is 4.90 Å². The van der Waals surface area contributed by atoms with Crippen LogP contribution in [0.4, 0.5) is 0 Å². The molecule has 16 heavy (non-hydrogen) atoms. The first kappa shape index (κ1) is 12.9. The molecule has 0 fully saturated rings. The van der Waals surface area contributed by atoms with Gasteiger partial charge in [0.15, 0.2) is 0 Å². The van der Waals surface area contributed by atoms with Crippen molar-refractivity contribution >= 4 is 34.7 Å². The second-order valence-electron chi connectivity index (χ2n) is 3.49. The lowest BCUT2D eigenvalue weighted by atomic mass is 10.1. The summed E-state index contributed by atoms with van der Waals surface area (Å²) >= 11 is 10.9. The summed E-state index contributed by atoms with van der Waals surface area (Å²) < 4.78 is 0. The summed E-state index contributed by atoms with van der Waals surface area (Å²) in [7, 11) is 1.66. The van der Waals surface area contributed by atoms with E-state index >= 15 is 0 Å². The second-order valence-corrected chi connectivity index (χ2v) is 4.40. The number of halogens is 1. The Hall–Kier alpha value is -1.13. The lowest BCUT2D eigenvalue weighted by molar-refractivity contribution is -0.128. The van der Waals surface area contributed by atoms with Crippen LogP contribution in [0.2, 0.25) is 5.02 Å². The summed E-state index contributed by atoms with van der Waals surface area (Å²) in [6.07, 6.45) is 0. The second kappa shape index (κ2) is 5.27. The minimum absolute atomic E-state index is 0.0993. The number of thiocarbonyl (C=S) groups is 1. The number of nitrogens with two attached hydrogens (primary N) is 1. The first-order valence-corrected chi connectivity index (χ1v) is 5.50. The number of benzene rings is 1. The minimum Gasteiger partial charge on any atom is -0.391 e. The molecule has 0 aliphatic rings. The number of carbonyl (C=O) groups excluding carboxylic acids is 1. The number of hydrogen-bond acceptors (Lipinski definition) is 2. The fourth-order valence-corrected chi connectivity index (χ4v) is 1.93. The van der Waals surface area contributed by atoms with E-state index in [9.17, 15) is 4.79 Å². The van der Waals surface area contributed by atoms with Gasteiger partial charge in [0.05, 0.1) is 0 Å². The molecule has 1 aromatic rings. The molecule has 2 N–H and O–H groups in total. The highest BCUT2D eigenvalue weighted by atomic mass is 35.5. The van der Waals surface area contributed by atoms with Gasteiger partial charge in [0, 0.05) is 19.0 Å². The first-order valence-electron chi connectivity index (χ1n) is 4.71. The molecular weight excluding hydrogens is 244 g/mol. The van der Waals surface area contributed by atoms with Crippen LogP contribution in [-0.4, -0.2) is 22.8 Å². The van der Waals surface area contributed by atoms with Gasteiger partial charge in [0.1, 0.15) is 11.0 Å². The van der Waals surface area contributed by atoms with Crippen molar-refractivity contribution in [2.75, 3.05) is 7.05 Å². The van der Waals surface area contributed by atoms with Crippen molar-refractivity contribution in [2.45, 2.75) is 13.0 Å². The summed E-state index contributed by atoms with van der Waals surface area (Å²) in [5.74, 6) is -0.0993. The van der Waals surface area contributed by atoms with Gasteiger partial charge in [-0.2, -0.15) is 0 Å². The largest absolute Gasteiger partial charge is 0.391 e. The Labute approximate surface area is 105 Å². The maximum Gasteiger partial charge on any atom is 0.220 e. The normalized spacial score (nSPS) is 11.9. The highest BCUT2D eigenvalue weighted by molar-refractivity contribution is 7.80. The fourth-order valence-electron chi connectivity index (χ4n) is 1.44. The Kier molecular flexibility index (Phi) is 4.26. The third-order valence-electron chi connectivity index (χ3n) is 2.32. The number of amides is 1. The molecule has 0 spiro atoms. The van der Waals surface area contributed by atoms with Crippen LogP contribution in [0.3, 0.4) is 0 Å². The monoisotopic (exact) mass is 256 g/mol. The smallest absolute Gasteiger partial charge is 0.220 e. The lowest BCUT2D eigenvalue weighted by Crippen LogP contribution is -2.37. The Bertz CT molecular complexity index is 422. The SMILES string of the molecule is CC(=O)N(C)C(C(N)=S)c1cccc(Cl)c1. The van der Waals surface area contributed by atoms with Crippen LogP contribution in [0.1, 0.15) is 18.5 Å². The zero-order valence-electron chi connectivity index (χ0n) is 9.11. The van der Waals surface area contributed by atoms with Gasteiger partial charge in [0.2, 0.25) is 5.91 Å². The molecule has 1 rings (SSSR count). The molecule has 0 bridgehead atoms. The van der Waals surface area contributed by atoms with Gasteiger partial charge in [-0.1, -0.05) is 36.0 Å². The number of hydrogen-bond donors (Lipinski definition) is 1. The van der Waals surface area contributed by atoms with Gasteiger partial charge in [-0.25, -0.2) is 0 Å². The molecule has 0 aromatic heterocycles. The van der Waals surface area contributed by atoms with E-state index < -0.39 is 6.04 Å². The molecule has 0 saturated carbocycles. The third-order valence-corrected chi connectivity index (χ3v) is 2.78. The third kappa shape index (κ3) is 2.93. The predicted molar refractivity (Wildman–Crippen MR) is 69.4 cm³/mol. The molecule has 1 atom stereocenters. The van der Waals surface area contributed by atoms with Crippen LogP contribution >= 0.6 is 23.8 Å². The average Bonchev–Trinajstić information content (AvgIpc) is 2.17. The van der Waals surface area contributed by atoms with E-state index in [1.807, 2.05) is 6.07 Å². The molecule has 1 amide bonds. The average molecular weight is 257 g/mol. The van der Waals surface area contributed by atoms with Crippen molar-refractivity contribution in [3.05, 3.63) is 34.9 Å². The number of likely N-dealkylation sites (N-methyl/N-ethyl adjacent to an activating group) is 1. The molecule has 0 heterocycles. The van der Waals surface area contributed by atoms with E-state index in [1.165, 1.54) is 11.8 Å². The van der Waals surface area contributed by atoms with Crippen molar-refractivity contribution in [3.8, 4) is 0 Å². The standard InChI is InChI=1S/C11H13ClN2OS/c1-7(15)14(2)10(11(13)16)8-4-3-5-9(12)6-8/h3-6,10H,1-2H3,(H2,13,16). The van der Waals surface area contributed by atoms with Gasteiger partial charge >= 0.3 is 0 Å². The van der Waals surface area contributed by atoms with Gasteiger partial charge in [-0.05, 0) is 17.7 Å². The van der Waals surface area contributed by atoms with Crippen molar-refractivity contribution in [2.24, 2.45) is 5.73 Å². The van der Waals surface area contributed by atoms with Crippen LogP contribution in [-0.2, 0) is 4.79 Å². The van der Waals surface area contributed by atoms with Crippen LogP contribution in [0, 0.1) is 0 Å². The topological polar surface area (TPSA) is 46.3 Å². The quantitative estimate of drug-likeness (QED) is 0.843. The van der Waals surface area contributed by atoms with E-state index in [1.54, 1.807) is 25.2 Å². The molecule has 86 valence electrons. The van der Waals surface area contributed by atoms with Crippen molar-refractivity contribution in [3.63, 3.8) is 0 Å². The number of carbonyl (C=O) groups is 1. The number of nitrogens with zero attached hydrogens (tertiary/aromatic N) is 1. The minimum atomic E-state index is -0.411. The summed E-state index contributed by atoms with van der Waals surface area (Å²) in [6, 6.07) is 6.75. The highest BCUT2D eigenvalue weighted by Gasteiger charge is 2.21. The zero-order valence-corrected chi connectivity index (χ0v) is 10.7. The Morgan fingerprint density at radius 1 is 1.56 bits per heavy atom. The number of rotatable bonds is 3. The molecule has 0 saturated heterocycles. The summed E-state index contributed by atoms with van der Waals surface area (Å²) in [5, 5.41) is 0.593. The van der Waals surface area contributed by atoms with Gasteiger partial charge in [0.25, 0.3) is 0 Å².